The van der Waals surface area contributed by atoms with Crippen LogP contribution in [-0.2, 0) is 13.0 Å². The Bertz CT molecular complexity index is 1450. The summed E-state index contributed by atoms with van der Waals surface area (Å²) in [6, 6.07) is 15.6. The van der Waals surface area contributed by atoms with E-state index in [2.05, 4.69) is 28.1 Å². The van der Waals surface area contributed by atoms with Gasteiger partial charge in [-0.25, -0.2) is 4.98 Å². The molecule has 9 heteroatoms. The zero-order chi connectivity index (χ0) is 24.2. The molecule has 0 aliphatic heterocycles. The predicted molar refractivity (Wildman–Crippen MR) is 130 cm³/mol. The summed E-state index contributed by atoms with van der Waals surface area (Å²) in [5.41, 5.74) is 2.73. The molecular formula is C25H23ClN6O2. The standard InChI is InChI=1S/C25H23ClN6O2/c1-3-4-8-21-16(2)28-24-29-25(30-32(24)23(21)34)31(15-18-11-9-17(14-27)10-12-18)22(33)19-6-5-7-20(26)13-19/h5-7,9-13H,3-4,8,15H2,1-2H3,(H,28,29,30). The lowest BCUT2D eigenvalue weighted by molar-refractivity contribution is 0.0983. The van der Waals surface area contributed by atoms with Gasteiger partial charge in [-0.1, -0.05) is 43.1 Å². The van der Waals surface area contributed by atoms with Crippen molar-refractivity contribution < 1.29 is 4.79 Å². The third kappa shape index (κ3) is 4.70. The molecule has 0 unspecified atom stereocenters. The number of benzene rings is 2. The summed E-state index contributed by atoms with van der Waals surface area (Å²) in [7, 11) is 0. The van der Waals surface area contributed by atoms with E-state index in [0.29, 0.717) is 33.8 Å². The summed E-state index contributed by atoms with van der Waals surface area (Å²) >= 11 is 6.11. The fourth-order valence-electron chi connectivity index (χ4n) is 3.69. The Hall–Kier alpha value is -3.96. The number of fused-ring (bicyclic) bond motifs is 1. The topological polar surface area (TPSA) is 107 Å². The number of aromatic amines is 1. The van der Waals surface area contributed by atoms with Crippen molar-refractivity contribution in [1.82, 2.24) is 19.6 Å². The number of carbonyl (C=O) groups is 1. The summed E-state index contributed by atoms with van der Waals surface area (Å²) in [6.45, 7) is 4.02. The van der Waals surface area contributed by atoms with Crippen LogP contribution in [0.15, 0.2) is 53.3 Å². The zero-order valence-corrected chi connectivity index (χ0v) is 19.6. The van der Waals surface area contributed by atoms with E-state index in [1.165, 1.54) is 9.42 Å². The smallest absolute Gasteiger partial charge is 0.272 e. The van der Waals surface area contributed by atoms with Gasteiger partial charge in [-0.05, 0) is 55.7 Å². The van der Waals surface area contributed by atoms with Gasteiger partial charge in [0.15, 0.2) is 0 Å². The van der Waals surface area contributed by atoms with Crippen LogP contribution in [0, 0.1) is 18.3 Å². The van der Waals surface area contributed by atoms with Crippen molar-refractivity contribution >= 4 is 29.2 Å². The molecule has 34 heavy (non-hydrogen) atoms. The van der Waals surface area contributed by atoms with Crippen LogP contribution in [0.2, 0.25) is 5.02 Å². The van der Waals surface area contributed by atoms with E-state index < -0.39 is 0 Å². The van der Waals surface area contributed by atoms with Crippen molar-refractivity contribution in [3.63, 3.8) is 0 Å². The first-order valence-electron chi connectivity index (χ1n) is 11.0. The third-order valence-corrected chi connectivity index (χ3v) is 5.79. The fourth-order valence-corrected chi connectivity index (χ4v) is 3.88. The Labute approximate surface area is 201 Å². The molecule has 0 saturated carbocycles. The number of rotatable bonds is 7. The van der Waals surface area contributed by atoms with Gasteiger partial charge in [0, 0.05) is 16.1 Å². The Morgan fingerprint density at radius 2 is 1.97 bits per heavy atom. The minimum atomic E-state index is -0.345. The highest BCUT2D eigenvalue weighted by Gasteiger charge is 2.23. The number of hydrogen-bond acceptors (Lipinski definition) is 5. The molecule has 0 atom stereocenters. The SMILES string of the molecule is CCCCc1c(C)nc2nc(N(Cc3ccc(C#N)cc3)C(=O)c3cccc(Cl)c3)[nH]n2c1=O. The number of H-pyrrole nitrogens is 1. The van der Waals surface area contributed by atoms with Crippen LogP contribution in [0.25, 0.3) is 5.78 Å². The van der Waals surface area contributed by atoms with Crippen LogP contribution in [0.4, 0.5) is 5.95 Å². The van der Waals surface area contributed by atoms with Crippen molar-refractivity contribution in [2.24, 2.45) is 0 Å². The van der Waals surface area contributed by atoms with Gasteiger partial charge in [0.2, 0.25) is 5.95 Å². The molecule has 0 fully saturated rings. The Morgan fingerprint density at radius 3 is 2.65 bits per heavy atom. The normalized spacial score (nSPS) is 10.9. The molecule has 4 aromatic rings. The first-order chi connectivity index (χ1) is 16.4. The molecule has 0 aliphatic rings. The number of nitrogens with zero attached hydrogens (tertiary/aromatic N) is 5. The maximum atomic E-state index is 13.5. The largest absolute Gasteiger partial charge is 0.277 e. The lowest BCUT2D eigenvalue weighted by Crippen LogP contribution is -2.31. The number of carbonyl (C=O) groups excluding carboxylic acids is 1. The van der Waals surface area contributed by atoms with E-state index in [9.17, 15) is 9.59 Å². The summed E-state index contributed by atoms with van der Waals surface area (Å²) in [5.74, 6) is 0.0364. The number of nitrogens with one attached hydrogen (secondary N) is 1. The van der Waals surface area contributed by atoms with Crippen LogP contribution in [0.5, 0.6) is 0 Å². The van der Waals surface area contributed by atoms with Gasteiger partial charge >= 0.3 is 0 Å². The van der Waals surface area contributed by atoms with Gasteiger partial charge in [-0.3, -0.25) is 19.6 Å². The Morgan fingerprint density at radius 1 is 1.21 bits per heavy atom. The molecular weight excluding hydrogens is 452 g/mol. The van der Waals surface area contributed by atoms with E-state index in [-0.39, 0.29) is 29.7 Å². The van der Waals surface area contributed by atoms with Crippen molar-refractivity contribution in [2.45, 2.75) is 39.7 Å². The molecule has 0 spiro atoms. The quantitative estimate of drug-likeness (QED) is 0.426. The van der Waals surface area contributed by atoms with Gasteiger partial charge in [0.1, 0.15) is 0 Å². The van der Waals surface area contributed by atoms with Crippen LogP contribution in [0.3, 0.4) is 0 Å². The molecule has 0 radical (unpaired) electrons. The lowest BCUT2D eigenvalue weighted by atomic mass is 10.1. The number of aryl methyl sites for hydroxylation is 1. The van der Waals surface area contributed by atoms with Crippen molar-refractivity contribution in [3.8, 4) is 6.07 Å². The van der Waals surface area contributed by atoms with E-state index in [1.807, 2.05) is 0 Å². The molecule has 0 saturated heterocycles. The molecule has 2 aromatic heterocycles. The third-order valence-electron chi connectivity index (χ3n) is 5.56. The first kappa shape index (κ1) is 23.2. The Balaban J connectivity index is 1.80. The second-order valence-electron chi connectivity index (χ2n) is 7.98. The van der Waals surface area contributed by atoms with Crippen molar-refractivity contribution in [1.29, 1.82) is 5.26 Å². The van der Waals surface area contributed by atoms with Gasteiger partial charge in [0.05, 0.1) is 23.9 Å². The number of amides is 1. The van der Waals surface area contributed by atoms with Gasteiger partial charge in [0.25, 0.3) is 17.2 Å². The first-order valence-corrected chi connectivity index (χ1v) is 11.3. The summed E-state index contributed by atoms with van der Waals surface area (Å²) in [4.78, 5) is 37.0. The molecule has 1 amide bonds. The van der Waals surface area contributed by atoms with Crippen LogP contribution in [-0.4, -0.2) is 25.5 Å². The molecule has 0 bridgehead atoms. The highest BCUT2D eigenvalue weighted by molar-refractivity contribution is 6.31. The number of anilines is 1. The minimum Gasteiger partial charge on any atom is -0.272 e. The number of halogens is 1. The number of unbranched alkanes of at least 4 members (excludes halogenated alkanes) is 1. The molecule has 0 aliphatic carbocycles. The second kappa shape index (κ2) is 9.89. The number of nitriles is 1. The summed E-state index contributed by atoms with van der Waals surface area (Å²) in [6.07, 6.45) is 2.47. The molecule has 2 aromatic carbocycles. The minimum absolute atomic E-state index is 0.160. The maximum Gasteiger partial charge on any atom is 0.277 e. The average Bonchev–Trinajstić information content (AvgIpc) is 3.26. The van der Waals surface area contributed by atoms with E-state index >= 15 is 0 Å². The summed E-state index contributed by atoms with van der Waals surface area (Å²) < 4.78 is 1.28. The lowest BCUT2D eigenvalue weighted by Gasteiger charge is -2.20. The zero-order valence-electron chi connectivity index (χ0n) is 18.9. The predicted octanol–water partition coefficient (Wildman–Crippen LogP) is 4.44. The average molecular weight is 475 g/mol. The van der Waals surface area contributed by atoms with Gasteiger partial charge in [-0.15, -0.1) is 0 Å². The number of aromatic nitrogens is 4. The van der Waals surface area contributed by atoms with Gasteiger partial charge in [-0.2, -0.15) is 14.8 Å². The highest BCUT2D eigenvalue weighted by atomic mass is 35.5. The van der Waals surface area contributed by atoms with Crippen molar-refractivity contribution in [3.05, 3.63) is 91.9 Å². The highest BCUT2D eigenvalue weighted by Crippen LogP contribution is 2.20. The fraction of sp³-hybridized carbons (Fsp3) is 0.240. The second-order valence-corrected chi connectivity index (χ2v) is 8.41. The number of hydrogen-bond donors (Lipinski definition) is 1. The van der Waals surface area contributed by atoms with Gasteiger partial charge < -0.3 is 0 Å². The summed E-state index contributed by atoms with van der Waals surface area (Å²) in [5, 5.41) is 12.5. The van der Waals surface area contributed by atoms with Crippen molar-refractivity contribution in [2.75, 3.05) is 4.90 Å². The Kier molecular flexibility index (Phi) is 6.75. The van der Waals surface area contributed by atoms with Crippen LogP contribution < -0.4 is 10.5 Å². The maximum absolute atomic E-state index is 13.5. The molecule has 1 N–H and O–H groups in total. The van der Waals surface area contributed by atoms with E-state index in [1.54, 1.807) is 55.5 Å². The van der Waals surface area contributed by atoms with Crippen LogP contribution >= 0.6 is 11.6 Å². The van der Waals surface area contributed by atoms with E-state index in [0.717, 1.165) is 18.4 Å². The molecule has 8 nitrogen and oxygen atoms in total. The molecule has 4 rings (SSSR count). The monoisotopic (exact) mass is 474 g/mol. The van der Waals surface area contributed by atoms with E-state index in [4.69, 9.17) is 16.9 Å². The van der Waals surface area contributed by atoms with Crippen LogP contribution in [0.1, 0.15) is 52.5 Å². The molecule has 172 valence electrons. The molecule has 2 heterocycles.